The fourth-order valence-electron chi connectivity index (χ4n) is 3.50. The zero-order chi connectivity index (χ0) is 29.3. The third-order valence-corrected chi connectivity index (χ3v) is 5.23. The molecule has 0 aromatic carbocycles. The SMILES string of the molecule is COCCOc1ncc(Nc2nc(N[C@H](CC(C)C)[C@H](C)NC(=O)OC(C)(C)C)c(F)cc2C(N)=O)cc1F. The number of halogens is 2. The Bertz CT molecular complexity index is 1140. The summed E-state index contributed by atoms with van der Waals surface area (Å²) in [5, 5.41) is 8.55. The zero-order valence-electron chi connectivity index (χ0n) is 23.4. The second-order valence-electron chi connectivity index (χ2n) is 10.4. The molecule has 216 valence electrons. The van der Waals surface area contributed by atoms with Crippen molar-refractivity contribution in [3.05, 3.63) is 35.5 Å². The van der Waals surface area contributed by atoms with Crippen molar-refractivity contribution in [3.8, 4) is 5.88 Å². The fourth-order valence-corrected chi connectivity index (χ4v) is 3.50. The highest BCUT2D eigenvalue weighted by atomic mass is 19.1. The lowest BCUT2D eigenvalue weighted by Crippen LogP contribution is -2.47. The average Bonchev–Trinajstić information content (AvgIpc) is 2.80. The number of hydrogen-bond acceptors (Lipinski definition) is 9. The van der Waals surface area contributed by atoms with E-state index in [1.165, 1.54) is 13.3 Å². The number of hydrogen-bond donors (Lipinski definition) is 4. The van der Waals surface area contributed by atoms with Gasteiger partial charge in [-0.2, -0.15) is 0 Å². The number of alkyl carbamates (subject to hydrolysis) is 1. The lowest BCUT2D eigenvalue weighted by Gasteiger charge is -2.29. The smallest absolute Gasteiger partial charge is 0.407 e. The van der Waals surface area contributed by atoms with Gasteiger partial charge in [0.2, 0.25) is 0 Å². The van der Waals surface area contributed by atoms with Crippen LogP contribution >= 0.6 is 0 Å². The van der Waals surface area contributed by atoms with Crippen molar-refractivity contribution in [3.63, 3.8) is 0 Å². The van der Waals surface area contributed by atoms with Gasteiger partial charge < -0.3 is 35.9 Å². The number of rotatable bonds is 13. The number of primary amides is 1. The summed E-state index contributed by atoms with van der Waals surface area (Å²) in [4.78, 5) is 32.5. The lowest BCUT2D eigenvalue weighted by molar-refractivity contribution is 0.0501. The van der Waals surface area contributed by atoms with E-state index in [1.807, 2.05) is 13.8 Å². The number of ether oxygens (including phenoxy) is 3. The second kappa shape index (κ2) is 13.9. The van der Waals surface area contributed by atoms with Gasteiger partial charge in [-0.3, -0.25) is 4.79 Å². The van der Waals surface area contributed by atoms with E-state index in [2.05, 4.69) is 25.9 Å². The molecule has 2 aromatic rings. The summed E-state index contributed by atoms with van der Waals surface area (Å²) in [7, 11) is 1.48. The molecule has 0 bridgehead atoms. The van der Waals surface area contributed by atoms with Crippen LogP contribution in [0.3, 0.4) is 0 Å². The number of amides is 2. The van der Waals surface area contributed by atoms with Crippen LogP contribution in [0.5, 0.6) is 5.88 Å². The van der Waals surface area contributed by atoms with E-state index in [1.54, 1.807) is 27.7 Å². The van der Waals surface area contributed by atoms with Crippen molar-refractivity contribution in [2.24, 2.45) is 11.7 Å². The summed E-state index contributed by atoms with van der Waals surface area (Å²) in [5.41, 5.74) is 4.62. The van der Waals surface area contributed by atoms with E-state index >= 15 is 4.39 Å². The molecule has 2 atom stereocenters. The third kappa shape index (κ3) is 10.2. The van der Waals surface area contributed by atoms with Crippen molar-refractivity contribution in [1.82, 2.24) is 15.3 Å². The Kier molecular flexibility index (Phi) is 11.2. The average molecular weight is 553 g/mol. The Morgan fingerprint density at radius 3 is 2.33 bits per heavy atom. The number of anilines is 3. The molecular formula is C26H38F2N6O5. The molecular weight excluding hydrogens is 514 g/mol. The Balaban J connectivity index is 2.33. The zero-order valence-corrected chi connectivity index (χ0v) is 23.4. The van der Waals surface area contributed by atoms with E-state index < -0.39 is 41.3 Å². The second-order valence-corrected chi connectivity index (χ2v) is 10.4. The van der Waals surface area contributed by atoms with Crippen LogP contribution in [-0.4, -0.2) is 60.0 Å². The maximum atomic E-state index is 15.1. The normalized spacial score (nSPS) is 13.0. The van der Waals surface area contributed by atoms with Crippen molar-refractivity contribution in [2.75, 3.05) is 31.0 Å². The summed E-state index contributed by atoms with van der Waals surface area (Å²) in [5.74, 6) is -2.91. The third-order valence-electron chi connectivity index (χ3n) is 5.23. The molecule has 2 rings (SSSR count). The molecule has 0 saturated heterocycles. The fraction of sp³-hybridized carbons (Fsp3) is 0.538. The van der Waals surface area contributed by atoms with Crippen molar-refractivity contribution in [1.29, 1.82) is 0 Å². The molecule has 5 N–H and O–H groups in total. The molecule has 0 aliphatic rings. The minimum atomic E-state index is -0.943. The number of pyridine rings is 2. The van der Waals surface area contributed by atoms with Crippen molar-refractivity contribution >= 4 is 29.3 Å². The Morgan fingerprint density at radius 1 is 1.08 bits per heavy atom. The van der Waals surface area contributed by atoms with Crippen molar-refractivity contribution < 1.29 is 32.6 Å². The van der Waals surface area contributed by atoms with E-state index in [-0.39, 0.29) is 47.9 Å². The Hall–Kier alpha value is -3.74. The predicted molar refractivity (Wildman–Crippen MR) is 143 cm³/mol. The molecule has 13 heteroatoms. The number of carbonyl (C=O) groups excluding carboxylic acids is 2. The molecule has 2 aromatic heterocycles. The Morgan fingerprint density at radius 2 is 1.77 bits per heavy atom. The van der Waals surface area contributed by atoms with Gasteiger partial charge in [0, 0.05) is 25.3 Å². The summed E-state index contributed by atoms with van der Waals surface area (Å²) in [6.45, 7) is 11.3. The summed E-state index contributed by atoms with van der Waals surface area (Å²) >= 11 is 0. The first-order chi connectivity index (χ1) is 18.2. The molecule has 0 saturated carbocycles. The van der Waals surface area contributed by atoms with Gasteiger partial charge in [-0.15, -0.1) is 0 Å². The summed E-state index contributed by atoms with van der Waals surface area (Å²) < 4.78 is 44.9. The maximum absolute atomic E-state index is 15.1. The van der Waals surface area contributed by atoms with Gasteiger partial charge in [-0.1, -0.05) is 13.8 Å². The highest BCUT2D eigenvalue weighted by Gasteiger charge is 2.26. The predicted octanol–water partition coefficient (Wildman–Crippen LogP) is 4.36. The number of nitrogens with zero attached hydrogens (tertiary/aromatic N) is 2. The molecule has 2 amide bonds. The molecule has 0 radical (unpaired) electrons. The molecule has 0 fully saturated rings. The summed E-state index contributed by atoms with van der Waals surface area (Å²) in [6.07, 6.45) is 1.19. The van der Waals surface area contributed by atoms with Gasteiger partial charge in [-0.05, 0) is 46.1 Å². The number of methoxy groups -OCH3 is 1. The molecule has 0 spiro atoms. The van der Waals surface area contributed by atoms with E-state index in [0.717, 1.165) is 12.1 Å². The van der Waals surface area contributed by atoms with Gasteiger partial charge in [-0.25, -0.2) is 23.5 Å². The van der Waals surface area contributed by atoms with E-state index in [9.17, 15) is 14.0 Å². The van der Waals surface area contributed by atoms with Gasteiger partial charge in [0.1, 0.15) is 18.0 Å². The van der Waals surface area contributed by atoms with Crippen LogP contribution in [0, 0.1) is 17.6 Å². The highest BCUT2D eigenvalue weighted by Crippen LogP contribution is 2.27. The first-order valence-corrected chi connectivity index (χ1v) is 12.5. The van der Waals surface area contributed by atoms with Crippen LogP contribution in [0.4, 0.5) is 30.9 Å². The number of nitrogens with one attached hydrogen (secondary N) is 3. The minimum absolute atomic E-state index is 0.103. The highest BCUT2D eigenvalue weighted by molar-refractivity contribution is 5.98. The van der Waals surface area contributed by atoms with Crippen LogP contribution in [0.1, 0.15) is 58.3 Å². The topological polar surface area (TPSA) is 150 Å². The molecule has 0 aliphatic carbocycles. The molecule has 2 heterocycles. The van der Waals surface area contributed by atoms with Crippen molar-refractivity contribution in [2.45, 2.75) is 65.6 Å². The van der Waals surface area contributed by atoms with Gasteiger partial charge >= 0.3 is 6.09 Å². The van der Waals surface area contributed by atoms with Crippen LogP contribution in [-0.2, 0) is 9.47 Å². The maximum Gasteiger partial charge on any atom is 0.407 e. The van der Waals surface area contributed by atoms with E-state index in [0.29, 0.717) is 6.42 Å². The molecule has 0 aliphatic heterocycles. The van der Waals surface area contributed by atoms with Crippen LogP contribution in [0.15, 0.2) is 18.3 Å². The first-order valence-electron chi connectivity index (χ1n) is 12.5. The lowest BCUT2D eigenvalue weighted by atomic mass is 9.98. The standard InChI is InChI=1S/C26H38F2N6O5/c1-14(2)10-20(15(3)31-25(36)39-26(4,5)6)33-23-18(27)12-17(21(29)35)22(34-23)32-16-11-19(28)24(30-13-16)38-9-8-37-7/h11-15,20H,8-10H2,1-7H3,(H2,29,35)(H,31,36)(H2,32,33,34)/t15-,20+/m0/s1. The van der Waals surface area contributed by atoms with Crippen LogP contribution < -0.4 is 26.4 Å². The van der Waals surface area contributed by atoms with Crippen LogP contribution in [0.2, 0.25) is 0 Å². The Labute approximate surface area is 227 Å². The largest absolute Gasteiger partial charge is 0.473 e. The monoisotopic (exact) mass is 552 g/mol. The molecule has 11 nitrogen and oxygen atoms in total. The number of aromatic nitrogens is 2. The minimum Gasteiger partial charge on any atom is -0.473 e. The number of carbonyl (C=O) groups is 2. The first kappa shape index (κ1) is 31.5. The van der Waals surface area contributed by atoms with Gasteiger partial charge in [0.25, 0.3) is 11.8 Å². The molecule has 39 heavy (non-hydrogen) atoms. The van der Waals surface area contributed by atoms with Gasteiger partial charge in [0.15, 0.2) is 17.5 Å². The van der Waals surface area contributed by atoms with E-state index in [4.69, 9.17) is 19.9 Å². The quantitative estimate of drug-likeness (QED) is 0.266. The summed E-state index contributed by atoms with van der Waals surface area (Å²) in [6, 6.07) is 1.07. The number of nitrogens with two attached hydrogens (primary N) is 1. The molecule has 0 unspecified atom stereocenters. The van der Waals surface area contributed by atoms with Gasteiger partial charge in [0.05, 0.1) is 24.1 Å². The van der Waals surface area contributed by atoms with Crippen LogP contribution in [0.25, 0.3) is 0 Å².